The molecule has 0 aromatic carbocycles. The number of carbonyl (C=O) groups is 1. The highest BCUT2D eigenvalue weighted by Crippen LogP contribution is 2.73. The van der Waals surface area contributed by atoms with Gasteiger partial charge in [-0.3, -0.25) is 4.79 Å². The van der Waals surface area contributed by atoms with Crippen molar-refractivity contribution in [1.29, 1.82) is 0 Å². The van der Waals surface area contributed by atoms with Crippen LogP contribution in [-0.4, -0.2) is 168 Å². The molecule has 7 rings (SSSR count). The van der Waals surface area contributed by atoms with Crippen molar-refractivity contribution in [3.63, 3.8) is 0 Å². The minimum Gasteiger partial charge on any atom is -0.432 e. The summed E-state index contributed by atoms with van der Waals surface area (Å²) in [5.41, 5.74) is -1.66. The van der Waals surface area contributed by atoms with Crippen LogP contribution in [0.1, 0.15) is 78.6 Å². The van der Waals surface area contributed by atoms with E-state index >= 15 is 0 Å². The molecule has 7 fully saturated rings. The number of aliphatic hydroxyl groups is 10. The van der Waals surface area contributed by atoms with E-state index in [2.05, 4.69) is 13.5 Å². The summed E-state index contributed by atoms with van der Waals surface area (Å²) in [6.45, 7) is 8.81. The molecular weight excluding hydrogens is 728 g/mol. The summed E-state index contributed by atoms with van der Waals surface area (Å²) in [6, 6.07) is 0. The standard InChI is InChI=1S/C38H60O17/c1-16-12-37-10-6-20-35(3,8-5-9-36(20,4)34(49)54-32-29(48)26(45)23(42)18(13-39)51-32)21(37)7-11-38(16,15-37)55-33-30(27(46)24(43)19(14-40)52-33)53-31-28(47)25(44)22(41)17(2)50-31/h17-33,39-48H,1,5-15H2,2-4H3/t17-,18+,19+,20-,21-,22-,23+,24+,25+,26-,27-,28+,29+,30+,31-,32-,33-,35+,36+,37+,38?/m0/s1. The molecule has 0 amide bonds. The van der Waals surface area contributed by atoms with Crippen LogP contribution in [0.25, 0.3) is 0 Å². The lowest BCUT2D eigenvalue weighted by atomic mass is 9.41. The Morgan fingerprint density at radius 1 is 0.727 bits per heavy atom. The first-order valence-electron chi connectivity index (χ1n) is 19.7. The molecule has 3 aliphatic heterocycles. The van der Waals surface area contributed by atoms with Crippen molar-refractivity contribution in [1.82, 2.24) is 0 Å². The third-order valence-corrected chi connectivity index (χ3v) is 14.9. The number of rotatable bonds is 8. The molecule has 314 valence electrons. The Bertz CT molecular complexity index is 1430. The SMILES string of the molecule is C=C1C[C@@]23CC[C@H]4[C@@](C)(CCC[C@@]4(C)C(=O)O[C@@H]4O[C@H](CO)[C@@H](O)[C@H](O)[C@H]4O)[C@@H]2CCC1(O[C@@H]1O[C@H](CO)[C@@H](O)[C@H](O)[C@H]1O[C@@H]1O[C@@H](C)[C@H](O)[C@@H](O)[C@H]1O)C3. The van der Waals surface area contributed by atoms with Crippen LogP contribution in [0.2, 0.25) is 0 Å². The number of hydrogen-bond acceptors (Lipinski definition) is 17. The second-order valence-electron chi connectivity index (χ2n) is 18.0. The lowest BCUT2D eigenvalue weighted by molar-refractivity contribution is -0.376. The first-order valence-corrected chi connectivity index (χ1v) is 19.7. The Morgan fingerprint density at radius 2 is 1.33 bits per heavy atom. The van der Waals surface area contributed by atoms with Crippen LogP contribution in [-0.2, 0) is 33.2 Å². The van der Waals surface area contributed by atoms with Crippen LogP contribution >= 0.6 is 0 Å². The highest BCUT2D eigenvalue weighted by Gasteiger charge is 2.69. The smallest absolute Gasteiger partial charge is 0.314 e. The van der Waals surface area contributed by atoms with Crippen LogP contribution in [0, 0.1) is 28.1 Å². The summed E-state index contributed by atoms with van der Waals surface area (Å²) in [5.74, 6) is -0.536. The summed E-state index contributed by atoms with van der Waals surface area (Å²) in [6.07, 6.45) is -16.2. The van der Waals surface area contributed by atoms with Gasteiger partial charge in [0, 0.05) is 0 Å². The number of aliphatic hydroxyl groups excluding tert-OH is 10. The lowest BCUT2D eigenvalue weighted by Gasteiger charge is -2.64. The maximum absolute atomic E-state index is 14.1. The minimum absolute atomic E-state index is 0.108. The van der Waals surface area contributed by atoms with Gasteiger partial charge in [0.05, 0.1) is 30.3 Å². The third-order valence-electron chi connectivity index (χ3n) is 14.9. The predicted octanol–water partition coefficient (Wildman–Crippen LogP) is -1.91. The van der Waals surface area contributed by atoms with Gasteiger partial charge in [0.15, 0.2) is 12.6 Å². The molecule has 55 heavy (non-hydrogen) atoms. The van der Waals surface area contributed by atoms with E-state index in [0.29, 0.717) is 38.5 Å². The number of fused-ring (bicyclic) bond motifs is 3. The molecule has 1 unspecified atom stereocenters. The van der Waals surface area contributed by atoms with Crippen molar-refractivity contribution < 1.29 is 84.3 Å². The molecule has 7 aliphatic rings. The number of carbonyl (C=O) groups excluding carboxylic acids is 1. The van der Waals surface area contributed by atoms with E-state index in [1.54, 1.807) is 0 Å². The first-order chi connectivity index (χ1) is 25.9. The highest BCUT2D eigenvalue weighted by molar-refractivity contribution is 5.77. The Balaban J connectivity index is 1.10. The molecule has 21 atom stereocenters. The minimum atomic E-state index is -1.70. The number of esters is 1. The van der Waals surface area contributed by atoms with Gasteiger partial charge in [0.1, 0.15) is 67.1 Å². The van der Waals surface area contributed by atoms with Crippen LogP contribution in [0.5, 0.6) is 0 Å². The van der Waals surface area contributed by atoms with Gasteiger partial charge in [-0.2, -0.15) is 0 Å². The van der Waals surface area contributed by atoms with Gasteiger partial charge in [-0.1, -0.05) is 19.9 Å². The molecule has 17 nitrogen and oxygen atoms in total. The summed E-state index contributed by atoms with van der Waals surface area (Å²) in [4.78, 5) is 14.1. The van der Waals surface area contributed by atoms with Crippen molar-refractivity contribution in [3.8, 4) is 0 Å². The monoisotopic (exact) mass is 788 g/mol. The van der Waals surface area contributed by atoms with Crippen molar-refractivity contribution in [2.75, 3.05) is 13.2 Å². The molecule has 3 heterocycles. The predicted molar refractivity (Wildman–Crippen MR) is 185 cm³/mol. The van der Waals surface area contributed by atoms with E-state index in [1.165, 1.54) is 6.92 Å². The average Bonchev–Trinajstić information content (AvgIpc) is 3.35. The summed E-state index contributed by atoms with van der Waals surface area (Å²) in [5, 5.41) is 104. The van der Waals surface area contributed by atoms with Crippen LogP contribution in [0.4, 0.5) is 0 Å². The normalized spacial score (nSPS) is 55.4. The van der Waals surface area contributed by atoms with E-state index in [4.69, 9.17) is 28.4 Å². The zero-order valence-corrected chi connectivity index (χ0v) is 31.6. The van der Waals surface area contributed by atoms with E-state index in [1.807, 2.05) is 6.92 Å². The van der Waals surface area contributed by atoms with E-state index in [-0.39, 0.29) is 22.7 Å². The van der Waals surface area contributed by atoms with Crippen LogP contribution in [0.15, 0.2) is 12.2 Å². The zero-order valence-electron chi connectivity index (χ0n) is 31.6. The fraction of sp³-hybridized carbons (Fsp3) is 0.921. The van der Waals surface area contributed by atoms with Gasteiger partial charge in [-0.05, 0) is 93.5 Å². The molecule has 1 spiro atoms. The van der Waals surface area contributed by atoms with E-state index < -0.39 is 122 Å². The van der Waals surface area contributed by atoms with Gasteiger partial charge >= 0.3 is 5.97 Å². The fourth-order valence-electron chi connectivity index (χ4n) is 12.0. The van der Waals surface area contributed by atoms with Gasteiger partial charge in [0.2, 0.25) is 6.29 Å². The molecule has 0 radical (unpaired) electrons. The first kappa shape index (κ1) is 41.8. The topological polar surface area (TPSA) is 275 Å². The summed E-state index contributed by atoms with van der Waals surface area (Å²) < 4.78 is 35.8. The molecule has 4 aliphatic carbocycles. The maximum Gasteiger partial charge on any atom is 0.314 e. The Kier molecular flexibility index (Phi) is 11.4. The van der Waals surface area contributed by atoms with E-state index in [9.17, 15) is 55.9 Å². The van der Waals surface area contributed by atoms with Gasteiger partial charge < -0.3 is 79.5 Å². The molecule has 0 aromatic heterocycles. The van der Waals surface area contributed by atoms with Crippen LogP contribution < -0.4 is 0 Å². The second kappa shape index (κ2) is 15.0. The van der Waals surface area contributed by atoms with Gasteiger partial charge in [-0.25, -0.2) is 0 Å². The van der Waals surface area contributed by atoms with Crippen LogP contribution in [0.3, 0.4) is 0 Å². The lowest BCUT2D eigenvalue weighted by Crippen LogP contribution is -2.65. The molecule has 4 saturated carbocycles. The van der Waals surface area contributed by atoms with Crippen molar-refractivity contribution in [2.24, 2.45) is 28.1 Å². The van der Waals surface area contributed by atoms with Gasteiger partial charge in [0.25, 0.3) is 0 Å². The quantitative estimate of drug-likeness (QED) is 0.0730. The van der Waals surface area contributed by atoms with Gasteiger partial charge in [-0.15, -0.1) is 0 Å². The van der Waals surface area contributed by atoms with Crippen molar-refractivity contribution in [2.45, 2.75) is 176 Å². The Morgan fingerprint density at radius 3 is 2.00 bits per heavy atom. The molecule has 2 bridgehead atoms. The molecular formula is C38H60O17. The van der Waals surface area contributed by atoms with E-state index in [0.717, 1.165) is 24.8 Å². The summed E-state index contributed by atoms with van der Waals surface area (Å²) in [7, 11) is 0. The molecule has 10 N–H and O–H groups in total. The maximum atomic E-state index is 14.1. The largest absolute Gasteiger partial charge is 0.432 e. The Hall–Kier alpha value is -1.39. The number of ether oxygens (including phenoxy) is 6. The molecule has 3 saturated heterocycles. The van der Waals surface area contributed by atoms with Crippen molar-refractivity contribution in [3.05, 3.63) is 12.2 Å². The molecule has 0 aromatic rings. The van der Waals surface area contributed by atoms with Crippen molar-refractivity contribution >= 4 is 5.97 Å². The zero-order chi connectivity index (χ0) is 40.0. The third kappa shape index (κ3) is 6.63. The number of hydrogen-bond donors (Lipinski definition) is 10. The Labute approximate surface area is 319 Å². The average molecular weight is 789 g/mol. The second-order valence-corrected chi connectivity index (χ2v) is 18.0. The highest BCUT2D eigenvalue weighted by atomic mass is 16.8. The fourth-order valence-corrected chi connectivity index (χ4v) is 12.0. The summed E-state index contributed by atoms with van der Waals surface area (Å²) >= 11 is 0. The molecule has 17 heteroatoms.